The highest BCUT2D eigenvalue weighted by molar-refractivity contribution is 5.31. The summed E-state index contributed by atoms with van der Waals surface area (Å²) in [5.41, 5.74) is 0.668. The Morgan fingerprint density at radius 1 is 1.31 bits per heavy atom. The molecule has 0 aliphatic carbocycles. The number of aliphatic hydroxyl groups is 1. The Morgan fingerprint density at radius 2 is 2.00 bits per heavy atom. The van der Waals surface area contributed by atoms with E-state index in [-0.39, 0.29) is 11.6 Å². The van der Waals surface area contributed by atoms with E-state index in [0.717, 1.165) is 6.42 Å². The second kappa shape index (κ2) is 5.85. The van der Waals surface area contributed by atoms with Crippen LogP contribution in [0.2, 0.25) is 0 Å². The summed E-state index contributed by atoms with van der Waals surface area (Å²) in [6.07, 6.45) is 0.284. The number of hydrogen-bond acceptors (Lipinski definition) is 2. The topological polar surface area (TPSA) is 29.5 Å². The summed E-state index contributed by atoms with van der Waals surface area (Å²) in [6.45, 7) is 6.32. The van der Waals surface area contributed by atoms with E-state index in [4.69, 9.17) is 4.74 Å². The summed E-state index contributed by atoms with van der Waals surface area (Å²) in [7, 11) is 0. The summed E-state index contributed by atoms with van der Waals surface area (Å²) in [5, 5.41) is 9.37. The Kier molecular flexibility index (Phi) is 4.74. The monoisotopic (exact) mass is 226 g/mol. The van der Waals surface area contributed by atoms with Crippen LogP contribution in [0.3, 0.4) is 0 Å². The molecule has 0 fully saturated rings. The van der Waals surface area contributed by atoms with Crippen LogP contribution in [0.4, 0.5) is 4.39 Å². The molecule has 3 heteroatoms. The zero-order chi connectivity index (χ0) is 12.1. The van der Waals surface area contributed by atoms with Crippen LogP contribution in [0.5, 0.6) is 5.75 Å². The lowest BCUT2D eigenvalue weighted by Crippen LogP contribution is -2.03. The van der Waals surface area contributed by atoms with Crippen LogP contribution in [0, 0.1) is 11.7 Å². The maximum absolute atomic E-state index is 13.4. The molecule has 1 atom stereocenters. The minimum absolute atomic E-state index is 0.221. The molecule has 0 radical (unpaired) electrons. The first-order chi connectivity index (χ1) is 7.50. The van der Waals surface area contributed by atoms with E-state index in [1.54, 1.807) is 19.1 Å². The van der Waals surface area contributed by atoms with Crippen molar-refractivity contribution in [2.45, 2.75) is 33.3 Å². The minimum atomic E-state index is -0.604. The molecule has 0 saturated heterocycles. The van der Waals surface area contributed by atoms with Gasteiger partial charge in [0.15, 0.2) is 11.6 Å². The van der Waals surface area contributed by atoms with Crippen LogP contribution < -0.4 is 4.74 Å². The molecule has 90 valence electrons. The first kappa shape index (κ1) is 13.0. The number of ether oxygens (including phenoxy) is 1. The summed E-state index contributed by atoms with van der Waals surface area (Å²) < 4.78 is 18.7. The van der Waals surface area contributed by atoms with E-state index in [2.05, 4.69) is 13.8 Å². The molecule has 0 aliphatic heterocycles. The smallest absolute Gasteiger partial charge is 0.165 e. The average molecular weight is 226 g/mol. The van der Waals surface area contributed by atoms with Gasteiger partial charge in [0, 0.05) is 0 Å². The van der Waals surface area contributed by atoms with E-state index < -0.39 is 6.10 Å². The van der Waals surface area contributed by atoms with Gasteiger partial charge in [0.1, 0.15) is 0 Å². The van der Waals surface area contributed by atoms with Crippen molar-refractivity contribution in [2.75, 3.05) is 6.61 Å². The van der Waals surface area contributed by atoms with Crippen molar-refractivity contribution in [3.63, 3.8) is 0 Å². The third-order valence-corrected chi connectivity index (χ3v) is 2.39. The van der Waals surface area contributed by atoms with E-state index in [1.165, 1.54) is 6.07 Å². The van der Waals surface area contributed by atoms with E-state index in [9.17, 15) is 9.50 Å². The summed E-state index contributed by atoms with van der Waals surface area (Å²) in [6, 6.07) is 4.45. The van der Waals surface area contributed by atoms with Crippen LogP contribution >= 0.6 is 0 Å². The molecule has 0 aliphatic rings. The molecule has 1 aromatic carbocycles. The normalized spacial score (nSPS) is 12.9. The molecule has 0 saturated carbocycles. The third kappa shape index (κ3) is 3.81. The molecule has 1 N–H and O–H groups in total. The van der Waals surface area contributed by atoms with Crippen LogP contribution in [-0.2, 0) is 0 Å². The molecule has 2 nitrogen and oxygen atoms in total. The number of halogens is 1. The Labute approximate surface area is 96.1 Å². The van der Waals surface area contributed by atoms with Crippen LogP contribution in [0.25, 0.3) is 0 Å². The van der Waals surface area contributed by atoms with Crippen molar-refractivity contribution in [3.8, 4) is 5.75 Å². The first-order valence-electron chi connectivity index (χ1n) is 5.61. The standard InChI is InChI=1S/C13H19FO2/c1-9(2)6-7-16-13-8-11(10(3)15)4-5-12(13)14/h4-5,8-10,15H,6-7H2,1-3H3. The van der Waals surface area contributed by atoms with Gasteiger partial charge in [-0.3, -0.25) is 0 Å². The molecule has 0 spiro atoms. The number of rotatable bonds is 5. The zero-order valence-corrected chi connectivity index (χ0v) is 10.0. The van der Waals surface area contributed by atoms with Crippen molar-refractivity contribution in [3.05, 3.63) is 29.6 Å². The largest absolute Gasteiger partial charge is 0.490 e. The molecule has 1 unspecified atom stereocenters. The van der Waals surface area contributed by atoms with Crippen LogP contribution in [-0.4, -0.2) is 11.7 Å². The lowest BCUT2D eigenvalue weighted by molar-refractivity contribution is 0.198. The van der Waals surface area contributed by atoms with Crippen molar-refractivity contribution in [2.24, 2.45) is 5.92 Å². The van der Waals surface area contributed by atoms with Crippen molar-refractivity contribution in [1.82, 2.24) is 0 Å². The Hall–Kier alpha value is -1.09. The third-order valence-electron chi connectivity index (χ3n) is 2.39. The minimum Gasteiger partial charge on any atom is -0.490 e. The molecular weight excluding hydrogens is 207 g/mol. The van der Waals surface area contributed by atoms with Crippen LogP contribution in [0.15, 0.2) is 18.2 Å². The maximum Gasteiger partial charge on any atom is 0.165 e. The lowest BCUT2D eigenvalue weighted by atomic mass is 10.1. The predicted molar refractivity (Wildman–Crippen MR) is 62.0 cm³/mol. The highest BCUT2D eigenvalue weighted by Gasteiger charge is 2.08. The SMILES string of the molecule is CC(C)CCOc1cc(C(C)O)ccc1F. The molecule has 0 heterocycles. The van der Waals surface area contributed by atoms with E-state index in [0.29, 0.717) is 18.1 Å². The molecule has 1 aromatic rings. The highest BCUT2D eigenvalue weighted by atomic mass is 19.1. The van der Waals surface area contributed by atoms with Gasteiger partial charge >= 0.3 is 0 Å². The van der Waals surface area contributed by atoms with Crippen molar-refractivity contribution < 1.29 is 14.2 Å². The van der Waals surface area contributed by atoms with Gasteiger partial charge in [-0.05, 0) is 37.0 Å². The molecular formula is C13H19FO2. The molecule has 0 aromatic heterocycles. The quantitative estimate of drug-likeness (QED) is 0.834. The van der Waals surface area contributed by atoms with Gasteiger partial charge in [0.25, 0.3) is 0 Å². The summed E-state index contributed by atoms with van der Waals surface area (Å²) in [5.74, 6) is 0.371. The van der Waals surface area contributed by atoms with Gasteiger partial charge in [-0.1, -0.05) is 19.9 Å². The fourth-order valence-electron chi connectivity index (χ4n) is 1.30. The Morgan fingerprint density at radius 3 is 2.56 bits per heavy atom. The lowest BCUT2D eigenvalue weighted by Gasteiger charge is -2.11. The van der Waals surface area contributed by atoms with E-state index >= 15 is 0 Å². The average Bonchev–Trinajstić information content (AvgIpc) is 2.20. The second-order valence-electron chi connectivity index (χ2n) is 4.40. The van der Waals surface area contributed by atoms with Gasteiger partial charge in [0.2, 0.25) is 0 Å². The number of benzene rings is 1. The molecule has 16 heavy (non-hydrogen) atoms. The Bertz CT molecular complexity index is 335. The number of aliphatic hydroxyl groups excluding tert-OH is 1. The van der Waals surface area contributed by atoms with Gasteiger partial charge in [-0.25, -0.2) is 4.39 Å². The van der Waals surface area contributed by atoms with E-state index in [1.807, 2.05) is 0 Å². The van der Waals surface area contributed by atoms with Gasteiger partial charge < -0.3 is 9.84 Å². The van der Waals surface area contributed by atoms with Gasteiger partial charge in [-0.15, -0.1) is 0 Å². The second-order valence-corrected chi connectivity index (χ2v) is 4.40. The van der Waals surface area contributed by atoms with Crippen molar-refractivity contribution >= 4 is 0 Å². The number of hydrogen-bond donors (Lipinski definition) is 1. The maximum atomic E-state index is 13.4. The summed E-state index contributed by atoms with van der Waals surface area (Å²) >= 11 is 0. The Balaban J connectivity index is 2.67. The van der Waals surface area contributed by atoms with Gasteiger partial charge in [-0.2, -0.15) is 0 Å². The van der Waals surface area contributed by atoms with Crippen LogP contribution in [0.1, 0.15) is 38.9 Å². The summed E-state index contributed by atoms with van der Waals surface area (Å²) in [4.78, 5) is 0. The molecule has 1 rings (SSSR count). The molecule has 0 bridgehead atoms. The highest BCUT2D eigenvalue weighted by Crippen LogP contribution is 2.23. The zero-order valence-electron chi connectivity index (χ0n) is 10.0. The predicted octanol–water partition coefficient (Wildman–Crippen LogP) is 3.30. The fourth-order valence-corrected chi connectivity index (χ4v) is 1.30. The molecule has 0 amide bonds. The first-order valence-corrected chi connectivity index (χ1v) is 5.61. The fraction of sp³-hybridized carbons (Fsp3) is 0.538. The van der Waals surface area contributed by atoms with Gasteiger partial charge in [0.05, 0.1) is 12.7 Å². The van der Waals surface area contributed by atoms with Crippen molar-refractivity contribution in [1.29, 1.82) is 0 Å².